The number of rotatable bonds is 2. The van der Waals surface area contributed by atoms with Crippen molar-refractivity contribution in [1.82, 2.24) is 14.1 Å². The van der Waals surface area contributed by atoms with E-state index in [1.807, 2.05) is 12.1 Å². The van der Waals surface area contributed by atoms with Gasteiger partial charge in [-0.1, -0.05) is 90.2 Å². The molecule has 5 heteroatoms. The summed E-state index contributed by atoms with van der Waals surface area (Å²) in [6.45, 7) is 0. The van der Waals surface area contributed by atoms with Gasteiger partial charge in [0.15, 0.2) is 5.13 Å². The van der Waals surface area contributed by atoms with Crippen LogP contribution in [0.5, 0.6) is 0 Å². The first-order chi connectivity index (χ1) is 22.8. The molecular formula is C41H23N3OS. The smallest absolute Gasteiger partial charge is 0.195 e. The summed E-state index contributed by atoms with van der Waals surface area (Å²) in [5.74, 6) is 0. The fourth-order valence-electron chi connectivity index (χ4n) is 7.52. The highest BCUT2D eigenvalue weighted by atomic mass is 32.1. The lowest BCUT2D eigenvalue weighted by molar-refractivity contribution is 0.669. The molecule has 214 valence electrons. The lowest BCUT2D eigenvalue weighted by Gasteiger charge is -2.09. The SMILES string of the molecule is c1ccc2cc3c(cc2c1)c1cc(-n2c4ccccc4c4ccccc42)ccc1n3-c1nc2ccc3oc4ccccc4c3c2s1. The number of aromatic nitrogens is 3. The summed E-state index contributed by atoms with van der Waals surface area (Å²) in [4.78, 5) is 5.26. The Morgan fingerprint density at radius 1 is 0.478 bits per heavy atom. The molecule has 0 N–H and O–H groups in total. The normalized spacial score (nSPS) is 12.3. The molecule has 4 aromatic heterocycles. The van der Waals surface area contributed by atoms with Crippen molar-refractivity contribution in [2.45, 2.75) is 0 Å². The molecule has 11 rings (SSSR count). The van der Waals surface area contributed by atoms with Crippen molar-refractivity contribution in [3.05, 3.63) is 140 Å². The van der Waals surface area contributed by atoms with Gasteiger partial charge in [0.05, 0.1) is 32.3 Å². The van der Waals surface area contributed by atoms with E-state index in [4.69, 9.17) is 9.40 Å². The number of para-hydroxylation sites is 3. The van der Waals surface area contributed by atoms with Gasteiger partial charge in [-0.2, -0.15) is 0 Å². The van der Waals surface area contributed by atoms with Crippen molar-refractivity contribution in [3.63, 3.8) is 0 Å². The Balaban J connectivity index is 1.24. The van der Waals surface area contributed by atoms with Gasteiger partial charge in [0, 0.05) is 38.0 Å². The van der Waals surface area contributed by atoms with Gasteiger partial charge in [0.1, 0.15) is 11.2 Å². The molecule has 11 aromatic rings. The van der Waals surface area contributed by atoms with Crippen LogP contribution in [-0.4, -0.2) is 14.1 Å². The van der Waals surface area contributed by atoms with Crippen LogP contribution in [0, 0.1) is 0 Å². The predicted octanol–water partition coefficient (Wildman–Crippen LogP) is 11.5. The summed E-state index contributed by atoms with van der Waals surface area (Å²) in [5.41, 5.74) is 8.64. The van der Waals surface area contributed by atoms with E-state index in [2.05, 4.69) is 137 Å². The maximum atomic E-state index is 6.23. The molecular weight excluding hydrogens is 583 g/mol. The molecule has 0 fully saturated rings. The second-order valence-corrected chi connectivity index (χ2v) is 13.0. The Morgan fingerprint density at radius 3 is 1.93 bits per heavy atom. The van der Waals surface area contributed by atoms with Crippen LogP contribution in [-0.2, 0) is 0 Å². The number of thiazole rings is 1. The van der Waals surface area contributed by atoms with Crippen LogP contribution >= 0.6 is 11.3 Å². The third-order valence-electron chi connectivity index (χ3n) is 9.53. The van der Waals surface area contributed by atoms with Crippen LogP contribution in [0.2, 0.25) is 0 Å². The quantitative estimate of drug-likeness (QED) is 0.196. The maximum Gasteiger partial charge on any atom is 0.195 e. The van der Waals surface area contributed by atoms with Gasteiger partial charge in [0.25, 0.3) is 0 Å². The average molecular weight is 606 g/mol. The number of fused-ring (bicyclic) bond motifs is 12. The zero-order chi connectivity index (χ0) is 29.9. The van der Waals surface area contributed by atoms with Crippen molar-refractivity contribution in [2.24, 2.45) is 0 Å². The minimum absolute atomic E-state index is 0.896. The third kappa shape index (κ3) is 3.19. The van der Waals surface area contributed by atoms with Gasteiger partial charge in [0.2, 0.25) is 0 Å². The summed E-state index contributed by atoms with van der Waals surface area (Å²) in [6.07, 6.45) is 0. The van der Waals surface area contributed by atoms with Crippen molar-refractivity contribution in [1.29, 1.82) is 0 Å². The zero-order valence-corrected chi connectivity index (χ0v) is 25.3. The number of hydrogen-bond acceptors (Lipinski definition) is 3. The highest BCUT2D eigenvalue weighted by Gasteiger charge is 2.20. The topological polar surface area (TPSA) is 35.9 Å². The molecule has 7 aromatic carbocycles. The van der Waals surface area contributed by atoms with E-state index < -0.39 is 0 Å². The van der Waals surface area contributed by atoms with Crippen LogP contribution in [0.1, 0.15) is 0 Å². The summed E-state index contributed by atoms with van der Waals surface area (Å²) in [7, 11) is 0. The van der Waals surface area contributed by atoms with Crippen molar-refractivity contribution >= 4 is 97.9 Å². The second-order valence-electron chi connectivity index (χ2n) is 12.0. The van der Waals surface area contributed by atoms with Crippen LogP contribution in [0.4, 0.5) is 0 Å². The first-order valence-corrected chi connectivity index (χ1v) is 16.3. The van der Waals surface area contributed by atoms with E-state index >= 15 is 0 Å². The van der Waals surface area contributed by atoms with Gasteiger partial charge in [-0.25, -0.2) is 4.98 Å². The highest BCUT2D eigenvalue weighted by molar-refractivity contribution is 7.22. The summed E-state index contributed by atoms with van der Waals surface area (Å²) in [5, 5.41) is 10.6. The van der Waals surface area contributed by atoms with Crippen molar-refractivity contribution < 1.29 is 4.42 Å². The molecule has 4 nitrogen and oxygen atoms in total. The first-order valence-electron chi connectivity index (χ1n) is 15.5. The Hall–Kier alpha value is -5.91. The van der Waals surface area contributed by atoms with Crippen LogP contribution < -0.4 is 0 Å². The van der Waals surface area contributed by atoms with E-state index in [1.54, 1.807) is 11.3 Å². The fourth-order valence-corrected chi connectivity index (χ4v) is 8.66. The molecule has 4 heterocycles. The Labute approximate surface area is 265 Å². The lowest BCUT2D eigenvalue weighted by Crippen LogP contribution is -1.95. The standard InChI is InChI=1S/C41H23N3OS/c1-2-10-25-22-36-30(21-24(25)9-1)31-23-26(43-33-14-6-3-11-27(33)28-12-4-7-15-34(28)43)17-19-35(31)44(36)41-42-32-18-20-38-39(40(32)46-41)29-13-5-8-16-37(29)45-38/h1-23H. The molecule has 0 radical (unpaired) electrons. The van der Waals surface area contributed by atoms with Crippen LogP contribution in [0.3, 0.4) is 0 Å². The maximum absolute atomic E-state index is 6.23. The van der Waals surface area contributed by atoms with Crippen molar-refractivity contribution in [2.75, 3.05) is 0 Å². The van der Waals surface area contributed by atoms with Gasteiger partial charge in [-0.3, -0.25) is 4.57 Å². The summed E-state index contributed by atoms with van der Waals surface area (Å²) >= 11 is 1.73. The molecule has 0 unspecified atom stereocenters. The van der Waals surface area contributed by atoms with E-state index in [0.717, 1.165) is 54.0 Å². The van der Waals surface area contributed by atoms with Crippen LogP contribution in [0.15, 0.2) is 144 Å². The Morgan fingerprint density at radius 2 is 1.13 bits per heavy atom. The minimum Gasteiger partial charge on any atom is -0.456 e. The Bertz CT molecular complexity index is 2990. The average Bonchev–Trinajstić information content (AvgIpc) is 3.85. The molecule has 0 amide bonds. The monoisotopic (exact) mass is 605 g/mol. The molecule has 0 bridgehead atoms. The zero-order valence-electron chi connectivity index (χ0n) is 24.4. The van der Waals surface area contributed by atoms with Gasteiger partial charge in [-0.15, -0.1) is 0 Å². The summed E-state index contributed by atoms with van der Waals surface area (Å²) in [6, 6.07) is 50.0. The largest absolute Gasteiger partial charge is 0.456 e. The molecule has 0 saturated heterocycles. The molecule has 0 aliphatic carbocycles. The van der Waals surface area contributed by atoms with E-state index in [1.165, 1.54) is 43.4 Å². The van der Waals surface area contributed by atoms with Crippen molar-refractivity contribution in [3.8, 4) is 10.8 Å². The number of furan rings is 1. The Kier molecular flexibility index (Phi) is 4.69. The molecule has 0 aliphatic rings. The van der Waals surface area contributed by atoms with Gasteiger partial charge < -0.3 is 8.98 Å². The number of nitrogens with zero attached hydrogens (tertiary/aromatic N) is 3. The van der Waals surface area contributed by atoms with E-state index in [9.17, 15) is 0 Å². The predicted molar refractivity (Wildman–Crippen MR) is 193 cm³/mol. The highest BCUT2D eigenvalue weighted by Crippen LogP contribution is 2.42. The lowest BCUT2D eigenvalue weighted by atomic mass is 10.1. The second kappa shape index (κ2) is 8.84. The fraction of sp³-hybridized carbons (Fsp3) is 0. The van der Waals surface area contributed by atoms with E-state index in [0.29, 0.717) is 0 Å². The van der Waals surface area contributed by atoms with Gasteiger partial charge >= 0.3 is 0 Å². The number of benzene rings is 7. The molecule has 0 atom stereocenters. The molecule has 0 saturated carbocycles. The molecule has 46 heavy (non-hydrogen) atoms. The third-order valence-corrected chi connectivity index (χ3v) is 10.6. The summed E-state index contributed by atoms with van der Waals surface area (Å²) < 4.78 is 12.1. The van der Waals surface area contributed by atoms with E-state index in [-0.39, 0.29) is 0 Å². The number of hydrogen-bond donors (Lipinski definition) is 0. The van der Waals surface area contributed by atoms with Gasteiger partial charge in [-0.05, 0) is 71.4 Å². The molecule has 0 spiro atoms. The minimum atomic E-state index is 0.896. The molecule has 0 aliphatic heterocycles. The van der Waals surface area contributed by atoms with Crippen LogP contribution in [0.25, 0.3) is 97.4 Å². The first kappa shape index (κ1) is 24.4.